The molecule has 2 N–H and O–H groups in total. The van der Waals surface area contributed by atoms with E-state index in [0.29, 0.717) is 6.54 Å². The van der Waals surface area contributed by atoms with Gasteiger partial charge in [0.1, 0.15) is 0 Å². The zero-order valence-electron chi connectivity index (χ0n) is 9.32. The average molecular weight is 205 g/mol. The van der Waals surface area contributed by atoms with Crippen LogP contribution in [0.5, 0.6) is 0 Å². The average Bonchev–Trinajstić information content (AvgIpc) is 3.02. The Labute approximate surface area is 91.3 Å². The maximum absolute atomic E-state index is 5.56. The van der Waals surface area contributed by atoms with Crippen molar-refractivity contribution >= 4 is 0 Å². The zero-order valence-corrected chi connectivity index (χ0v) is 9.32. The number of nitrogens with zero attached hydrogens (tertiary/aromatic N) is 2. The Bertz CT molecular complexity index is 320. The lowest BCUT2D eigenvalue weighted by Crippen LogP contribution is -2.20. The molecule has 0 aliphatic heterocycles. The van der Waals surface area contributed by atoms with Crippen molar-refractivity contribution in [3.05, 3.63) is 29.6 Å². The maximum Gasteiger partial charge on any atom is 0.0542 e. The highest BCUT2D eigenvalue weighted by Crippen LogP contribution is 2.29. The van der Waals surface area contributed by atoms with Gasteiger partial charge in [-0.05, 0) is 43.5 Å². The number of rotatable bonds is 5. The van der Waals surface area contributed by atoms with Crippen molar-refractivity contribution in [2.24, 2.45) is 11.7 Å². The van der Waals surface area contributed by atoms with Crippen LogP contribution in [0.1, 0.15) is 24.1 Å². The SMILES string of the molecule is CN(Cc1ccnc(CN)c1)CC1CC1. The van der Waals surface area contributed by atoms with Gasteiger partial charge in [-0.1, -0.05) is 0 Å². The summed E-state index contributed by atoms with van der Waals surface area (Å²) in [5, 5.41) is 0. The summed E-state index contributed by atoms with van der Waals surface area (Å²) in [5.41, 5.74) is 7.86. The topological polar surface area (TPSA) is 42.2 Å². The van der Waals surface area contributed by atoms with Crippen molar-refractivity contribution in [1.29, 1.82) is 0 Å². The van der Waals surface area contributed by atoms with Crippen LogP contribution in [0.15, 0.2) is 18.3 Å². The fourth-order valence-corrected chi connectivity index (χ4v) is 1.86. The summed E-state index contributed by atoms with van der Waals surface area (Å²) in [4.78, 5) is 6.58. The smallest absolute Gasteiger partial charge is 0.0542 e. The van der Waals surface area contributed by atoms with Crippen LogP contribution in [0.2, 0.25) is 0 Å². The Morgan fingerprint density at radius 3 is 3.00 bits per heavy atom. The van der Waals surface area contributed by atoms with Crippen molar-refractivity contribution in [1.82, 2.24) is 9.88 Å². The highest BCUT2D eigenvalue weighted by Gasteiger charge is 2.22. The highest BCUT2D eigenvalue weighted by molar-refractivity contribution is 5.16. The van der Waals surface area contributed by atoms with E-state index in [-0.39, 0.29) is 0 Å². The molecule has 0 unspecified atom stereocenters. The van der Waals surface area contributed by atoms with Gasteiger partial charge in [0.05, 0.1) is 5.69 Å². The minimum Gasteiger partial charge on any atom is -0.325 e. The fraction of sp³-hybridized carbons (Fsp3) is 0.583. The third kappa shape index (κ3) is 3.29. The Hall–Kier alpha value is -0.930. The Morgan fingerprint density at radius 2 is 2.33 bits per heavy atom. The standard InChI is InChI=1S/C12H19N3/c1-15(8-10-2-3-10)9-11-4-5-14-12(6-11)7-13/h4-6,10H,2-3,7-9,13H2,1H3. The summed E-state index contributed by atoms with van der Waals surface area (Å²) in [6.07, 6.45) is 4.67. The van der Waals surface area contributed by atoms with Crippen molar-refractivity contribution in [3.8, 4) is 0 Å². The van der Waals surface area contributed by atoms with E-state index in [0.717, 1.165) is 18.2 Å². The summed E-state index contributed by atoms with van der Waals surface area (Å²) >= 11 is 0. The Kier molecular flexibility index (Phi) is 3.34. The Morgan fingerprint density at radius 1 is 1.53 bits per heavy atom. The van der Waals surface area contributed by atoms with E-state index in [1.807, 2.05) is 6.20 Å². The first-order valence-electron chi connectivity index (χ1n) is 5.60. The summed E-state index contributed by atoms with van der Waals surface area (Å²) in [6, 6.07) is 4.17. The molecule has 15 heavy (non-hydrogen) atoms. The van der Waals surface area contributed by atoms with Crippen molar-refractivity contribution in [2.75, 3.05) is 13.6 Å². The predicted molar refractivity (Wildman–Crippen MR) is 61.2 cm³/mol. The quantitative estimate of drug-likeness (QED) is 0.789. The molecule has 0 radical (unpaired) electrons. The number of nitrogens with two attached hydrogens (primary N) is 1. The molecule has 0 aromatic carbocycles. The van der Waals surface area contributed by atoms with Crippen molar-refractivity contribution < 1.29 is 0 Å². The molecule has 0 saturated heterocycles. The van der Waals surface area contributed by atoms with Gasteiger partial charge in [0, 0.05) is 25.8 Å². The van der Waals surface area contributed by atoms with Crippen LogP contribution < -0.4 is 5.73 Å². The second-order valence-electron chi connectivity index (χ2n) is 4.50. The molecule has 1 aliphatic carbocycles. The lowest BCUT2D eigenvalue weighted by atomic mass is 10.2. The van der Waals surface area contributed by atoms with E-state index in [1.54, 1.807) is 0 Å². The van der Waals surface area contributed by atoms with E-state index in [9.17, 15) is 0 Å². The van der Waals surface area contributed by atoms with Gasteiger partial charge in [0.25, 0.3) is 0 Å². The second kappa shape index (κ2) is 4.73. The highest BCUT2D eigenvalue weighted by atomic mass is 15.1. The van der Waals surface area contributed by atoms with Gasteiger partial charge >= 0.3 is 0 Å². The van der Waals surface area contributed by atoms with Crippen LogP contribution in [0, 0.1) is 5.92 Å². The molecule has 1 aromatic heterocycles. The van der Waals surface area contributed by atoms with Gasteiger partial charge in [-0.25, -0.2) is 0 Å². The molecule has 0 spiro atoms. The number of hydrogen-bond donors (Lipinski definition) is 1. The fourth-order valence-electron chi connectivity index (χ4n) is 1.86. The minimum atomic E-state index is 0.528. The van der Waals surface area contributed by atoms with Gasteiger partial charge in [0.15, 0.2) is 0 Å². The predicted octanol–water partition coefficient (Wildman–Crippen LogP) is 1.38. The maximum atomic E-state index is 5.56. The van der Waals surface area contributed by atoms with Crippen LogP contribution >= 0.6 is 0 Å². The molecule has 3 heteroatoms. The molecule has 1 aliphatic rings. The molecule has 1 fully saturated rings. The van der Waals surface area contributed by atoms with Crippen LogP contribution in [0.25, 0.3) is 0 Å². The van der Waals surface area contributed by atoms with E-state index in [2.05, 4.69) is 29.1 Å². The van der Waals surface area contributed by atoms with Crippen LogP contribution in [0.3, 0.4) is 0 Å². The lowest BCUT2D eigenvalue weighted by molar-refractivity contribution is 0.313. The first-order chi connectivity index (χ1) is 7.28. The van der Waals surface area contributed by atoms with E-state index in [4.69, 9.17) is 5.73 Å². The first kappa shape index (κ1) is 10.6. The van der Waals surface area contributed by atoms with Gasteiger partial charge in [0.2, 0.25) is 0 Å². The number of hydrogen-bond acceptors (Lipinski definition) is 3. The normalized spacial score (nSPS) is 15.9. The molecule has 2 rings (SSSR count). The summed E-state index contributed by atoms with van der Waals surface area (Å²) in [5.74, 6) is 0.950. The van der Waals surface area contributed by atoms with E-state index >= 15 is 0 Å². The molecule has 1 heterocycles. The van der Waals surface area contributed by atoms with Crippen LogP contribution in [0.4, 0.5) is 0 Å². The summed E-state index contributed by atoms with van der Waals surface area (Å²) in [7, 11) is 2.18. The third-order valence-electron chi connectivity index (χ3n) is 2.81. The van der Waals surface area contributed by atoms with Gasteiger partial charge < -0.3 is 10.6 Å². The summed E-state index contributed by atoms with van der Waals surface area (Å²) < 4.78 is 0. The van der Waals surface area contributed by atoms with Gasteiger partial charge in [-0.2, -0.15) is 0 Å². The van der Waals surface area contributed by atoms with Crippen molar-refractivity contribution in [3.63, 3.8) is 0 Å². The number of pyridine rings is 1. The largest absolute Gasteiger partial charge is 0.325 e. The molecule has 0 amide bonds. The Balaban J connectivity index is 1.90. The molecule has 82 valence electrons. The molecule has 1 saturated carbocycles. The molecule has 0 atom stereocenters. The molecule has 1 aromatic rings. The van der Waals surface area contributed by atoms with Crippen LogP contribution in [-0.4, -0.2) is 23.5 Å². The minimum absolute atomic E-state index is 0.528. The molecule has 0 bridgehead atoms. The zero-order chi connectivity index (χ0) is 10.7. The first-order valence-corrected chi connectivity index (χ1v) is 5.60. The van der Waals surface area contributed by atoms with E-state index in [1.165, 1.54) is 24.9 Å². The monoisotopic (exact) mass is 205 g/mol. The molecule has 3 nitrogen and oxygen atoms in total. The van der Waals surface area contributed by atoms with E-state index < -0.39 is 0 Å². The van der Waals surface area contributed by atoms with Gasteiger partial charge in [-0.15, -0.1) is 0 Å². The molecular formula is C12H19N3. The second-order valence-corrected chi connectivity index (χ2v) is 4.50. The van der Waals surface area contributed by atoms with Crippen LogP contribution in [-0.2, 0) is 13.1 Å². The van der Waals surface area contributed by atoms with Crippen molar-refractivity contribution in [2.45, 2.75) is 25.9 Å². The lowest BCUT2D eigenvalue weighted by Gasteiger charge is -2.16. The summed E-state index contributed by atoms with van der Waals surface area (Å²) in [6.45, 7) is 2.76. The third-order valence-corrected chi connectivity index (χ3v) is 2.81. The van der Waals surface area contributed by atoms with Gasteiger partial charge in [-0.3, -0.25) is 4.98 Å². The number of aromatic nitrogens is 1. The molecular weight excluding hydrogens is 186 g/mol.